The Kier molecular flexibility index (Phi) is 2.79. The molecule has 2 N–H and O–H groups in total. The summed E-state index contributed by atoms with van der Waals surface area (Å²) in [5.41, 5.74) is 5.07. The first kappa shape index (κ1) is 7.10. The molecule has 0 aromatic carbocycles. The summed E-state index contributed by atoms with van der Waals surface area (Å²) >= 11 is 0. The monoisotopic (exact) mass is 132 g/mol. The van der Waals surface area contributed by atoms with Gasteiger partial charge in [0, 0.05) is 0 Å². The van der Waals surface area contributed by atoms with E-state index >= 15 is 0 Å². The molecule has 0 bridgehead atoms. The molecule has 1 rings (SSSR count). The van der Waals surface area contributed by atoms with Gasteiger partial charge in [-0.25, -0.2) is 4.98 Å². The number of anilines is 1. The van der Waals surface area contributed by atoms with Gasteiger partial charge in [0.1, 0.15) is 0 Å². The average molecular weight is 133 g/mol. The normalized spacial score (nSPS) is 7.50. The van der Waals surface area contributed by atoms with E-state index in [1.807, 2.05) is 0 Å². The highest BCUT2D eigenvalue weighted by molar-refractivity contribution is 5.85. The zero-order valence-electron chi connectivity index (χ0n) is 3.98. The van der Waals surface area contributed by atoms with Gasteiger partial charge in [-0.2, -0.15) is 5.10 Å². The first-order chi connectivity index (χ1) is 3.39. The van der Waals surface area contributed by atoms with Gasteiger partial charge in [-0.05, 0) is 0 Å². The van der Waals surface area contributed by atoms with E-state index < -0.39 is 0 Å². The van der Waals surface area contributed by atoms with Crippen LogP contribution in [0.2, 0.25) is 0 Å². The smallest absolute Gasteiger partial charge is 0.240 e. The molecular formula is C3H5ClN4. The number of halogens is 1. The van der Waals surface area contributed by atoms with Crippen molar-refractivity contribution in [3.8, 4) is 0 Å². The molecule has 0 aliphatic carbocycles. The van der Waals surface area contributed by atoms with Crippen LogP contribution < -0.4 is 5.73 Å². The molecule has 44 valence electrons. The summed E-state index contributed by atoms with van der Waals surface area (Å²) in [5, 5.41) is 6.84. The Bertz CT molecular complexity index is 141. The Morgan fingerprint density at radius 2 is 2.12 bits per heavy atom. The maximum Gasteiger partial charge on any atom is 0.240 e. The fourth-order valence-corrected chi connectivity index (χ4v) is 0.258. The molecule has 0 amide bonds. The molecule has 0 saturated heterocycles. The van der Waals surface area contributed by atoms with Crippen LogP contribution in [0, 0.1) is 0 Å². The van der Waals surface area contributed by atoms with Crippen molar-refractivity contribution in [2.45, 2.75) is 0 Å². The first-order valence-corrected chi connectivity index (χ1v) is 1.79. The minimum Gasteiger partial charge on any atom is -0.366 e. The maximum absolute atomic E-state index is 5.07. The van der Waals surface area contributed by atoms with E-state index in [9.17, 15) is 0 Å². The van der Waals surface area contributed by atoms with Crippen LogP contribution in [0.4, 0.5) is 5.95 Å². The van der Waals surface area contributed by atoms with E-state index in [2.05, 4.69) is 15.2 Å². The Morgan fingerprint density at radius 1 is 1.38 bits per heavy atom. The summed E-state index contributed by atoms with van der Waals surface area (Å²) in [7, 11) is 0. The summed E-state index contributed by atoms with van der Waals surface area (Å²) in [4.78, 5) is 3.58. The molecule has 0 radical (unpaired) electrons. The van der Waals surface area contributed by atoms with Crippen molar-refractivity contribution in [2.75, 3.05) is 5.73 Å². The first-order valence-electron chi connectivity index (χ1n) is 1.79. The van der Waals surface area contributed by atoms with E-state index in [0.717, 1.165) is 0 Å². The van der Waals surface area contributed by atoms with Gasteiger partial charge in [0.05, 0.1) is 12.4 Å². The summed E-state index contributed by atoms with van der Waals surface area (Å²) in [5.74, 6) is 0.211. The zero-order chi connectivity index (χ0) is 5.11. The number of rotatable bonds is 0. The largest absolute Gasteiger partial charge is 0.366 e. The van der Waals surface area contributed by atoms with Gasteiger partial charge in [-0.3, -0.25) is 0 Å². The standard InChI is InChI=1S/C3H4N4.ClH/c4-3-5-1-2-6-7-3;/h1-2H,(H2,4,5,7);1H. The Labute approximate surface area is 52.6 Å². The molecule has 0 saturated carbocycles. The van der Waals surface area contributed by atoms with Crippen LogP contribution >= 0.6 is 12.4 Å². The molecule has 1 aromatic heterocycles. The Balaban J connectivity index is 0.000000490. The number of hydrogen-bond acceptors (Lipinski definition) is 4. The number of hydrogen-bond donors (Lipinski definition) is 1. The van der Waals surface area contributed by atoms with Crippen LogP contribution in [-0.4, -0.2) is 15.2 Å². The summed E-state index contributed by atoms with van der Waals surface area (Å²) in [6.07, 6.45) is 2.96. The average Bonchev–Trinajstić information content (AvgIpc) is 1.69. The molecule has 5 heteroatoms. The topological polar surface area (TPSA) is 64.7 Å². The third kappa shape index (κ3) is 1.70. The van der Waals surface area contributed by atoms with Gasteiger partial charge in [-0.1, -0.05) is 0 Å². The van der Waals surface area contributed by atoms with Crippen molar-refractivity contribution in [1.29, 1.82) is 0 Å². The maximum atomic E-state index is 5.07. The second-order valence-electron chi connectivity index (χ2n) is 1.00. The van der Waals surface area contributed by atoms with Crippen LogP contribution in [0.1, 0.15) is 0 Å². The Morgan fingerprint density at radius 3 is 2.38 bits per heavy atom. The van der Waals surface area contributed by atoms with Crippen molar-refractivity contribution in [2.24, 2.45) is 0 Å². The minimum absolute atomic E-state index is 0. The predicted molar refractivity (Wildman–Crippen MR) is 31.5 cm³/mol. The lowest BCUT2D eigenvalue weighted by Gasteiger charge is -1.80. The lowest BCUT2D eigenvalue weighted by atomic mass is 10.9. The molecule has 0 fully saturated rings. The van der Waals surface area contributed by atoms with E-state index in [-0.39, 0.29) is 18.4 Å². The summed E-state index contributed by atoms with van der Waals surface area (Å²) < 4.78 is 0. The zero-order valence-corrected chi connectivity index (χ0v) is 4.80. The molecule has 0 aliphatic rings. The number of nitrogen functional groups attached to an aromatic ring is 1. The lowest BCUT2D eigenvalue weighted by Crippen LogP contribution is -1.93. The van der Waals surface area contributed by atoms with E-state index in [4.69, 9.17) is 5.73 Å². The van der Waals surface area contributed by atoms with Crippen molar-refractivity contribution in [1.82, 2.24) is 15.2 Å². The molecule has 0 unspecified atom stereocenters. The van der Waals surface area contributed by atoms with Crippen LogP contribution in [0.15, 0.2) is 12.4 Å². The van der Waals surface area contributed by atoms with Crippen LogP contribution in [0.25, 0.3) is 0 Å². The quantitative estimate of drug-likeness (QED) is 0.534. The van der Waals surface area contributed by atoms with Crippen molar-refractivity contribution >= 4 is 18.4 Å². The Hall–Kier alpha value is -0.900. The fourth-order valence-electron chi connectivity index (χ4n) is 0.258. The van der Waals surface area contributed by atoms with E-state index in [0.29, 0.717) is 0 Å². The highest BCUT2D eigenvalue weighted by Crippen LogP contribution is 1.77. The number of aromatic nitrogens is 3. The second kappa shape index (κ2) is 3.15. The van der Waals surface area contributed by atoms with Gasteiger partial charge < -0.3 is 5.73 Å². The molecule has 8 heavy (non-hydrogen) atoms. The molecular weight excluding hydrogens is 128 g/mol. The highest BCUT2D eigenvalue weighted by atomic mass is 35.5. The number of nitrogens with zero attached hydrogens (tertiary/aromatic N) is 3. The molecule has 4 nitrogen and oxygen atoms in total. The fraction of sp³-hybridized carbons (Fsp3) is 0. The second-order valence-corrected chi connectivity index (χ2v) is 1.00. The molecule has 1 aromatic rings. The third-order valence-electron chi connectivity index (χ3n) is 0.500. The third-order valence-corrected chi connectivity index (χ3v) is 0.500. The molecule has 0 spiro atoms. The van der Waals surface area contributed by atoms with Gasteiger partial charge >= 0.3 is 0 Å². The van der Waals surface area contributed by atoms with Crippen molar-refractivity contribution in [3.05, 3.63) is 12.4 Å². The van der Waals surface area contributed by atoms with Crippen LogP contribution in [0.3, 0.4) is 0 Å². The molecule has 0 aliphatic heterocycles. The summed E-state index contributed by atoms with van der Waals surface area (Å²) in [6, 6.07) is 0. The SMILES string of the molecule is Cl.Nc1nccnn1. The lowest BCUT2D eigenvalue weighted by molar-refractivity contribution is 0.986. The van der Waals surface area contributed by atoms with Crippen LogP contribution in [-0.2, 0) is 0 Å². The van der Waals surface area contributed by atoms with E-state index in [1.165, 1.54) is 12.4 Å². The van der Waals surface area contributed by atoms with Crippen LogP contribution in [0.5, 0.6) is 0 Å². The molecule has 0 atom stereocenters. The summed E-state index contributed by atoms with van der Waals surface area (Å²) in [6.45, 7) is 0. The van der Waals surface area contributed by atoms with Gasteiger partial charge in [0.25, 0.3) is 0 Å². The van der Waals surface area contributed by atoms with Gasteiger partial charge in [0.15, 0.2) is 0 Å². The molecule has 1 heterocycles. The van der Waals surface area contributed by atoms with Gasteiger partial charge in [0.2, 0.25) is 5.95 Å². The van der Waals surface area contributed by atoms with Gasteiger partial charge in [-0.15, -0.1) is 17.5 Å². The van der Waals surface area contributed by atoms with Crippen molar-refractivity contribution < 1.29 is 0 Å². The predicted octanol–water partition coefficient (Wildman–Crippen LogP) is -0.124. The minimum atomic E-state index is 0. The number of nitrogens with two attached hydrogens (primary N) is 1. The highest BCUT2D eigenvalue weighted by Gasteiger charge is 1.76. The van der Waals surface area contributed by atoms with Crippen molar-refractivity contribution in [3.63, 3.8) is 0 Å². The van der Waals surface area contributed by atoms with E-state index in [1.54, 1.807) is 0 Å².